The average molecular weight is 737 g/mol. The van der Waals surface area contributed by atoms with Crippen LogP contribution < -0.4 is 0 Å². The molecule has 2 atom stereocenters. The predicted molar refractivity (Wildman–Crippen MR) is 215 cm³/mol. The van der Waals surface area contributed by atoms with E-state index in [-0.39, 0.29) is 36.2 Å². The second-order valence-electron chi connectivity index (χ2n) is 15.6. The van der Waals surface area contributed by atoms with Gasteiger partial charge in [0.1, 0.15) is 6.61 Å². The third-order valence-electron chi connectivity index (χ3n) is 9.62. The normalized spacial score (nSPS) is 13.2. The number of likely N-dealkylation sites (N-methyl/N-ethyl adjacent to an activating group) is 1. The molecule has 0 amide bonds. The van der Waals surface area contributed by atoms with Crippen LogP contribution in [0.4, 0.5) is 0 Å². The minimum Gasteiger partial charge on any atom is -0.477 e. The van der Waals surface area contributed by atoms with Crippen molar-refractivity contribution in [3.05, 3.63) is 24.3 Å². The quantitative estimate of drug-likeness (QED) is 0.0291. The number of carbonyl (C=O) groups excluding carboxylic acids is 2. The van der Waals surface area contributed by atoms with Crippen LogP contribution in [0, 0.1) is 0 Å². The maximum atomic E-state index is 12.7. The van der Waals surface area contributed by atoms with Crippen molar-refractivity contribution >= 4 is 17.9 Å². The Morgan fingerprint density at radius 2 is 1.08 bits per heavy atom. The van der Waals surface area contributed by atoms with Gasteiger partial charge in [-0.25, -0.2) is 4.79 Å². The fourth-order valence-electron chi connectivity index (χ4n) is 6.31. The van der Waals surface area contributed by atoms with Crippen molar-refractivity contribution in [3.8, 4) is 0 Å². The lowest BCUT2D eigenvalue weighted by Crippen LogP contribution is -2.50. The number of hydrogen-bond donors (Lipinski definition) is 1. The lowest BCUT2D eigenvalue weighted by atomic mass is 10.0. The second-order valence-corrected chi connectivity index (χ2v) is 15.6. The molecule has 0 saturated carbocycles. The van der Waals surface area contributed by atoms with Gasteiger partial charge in [0.2, 0.25) is 0 Å². The van der Waals surface area contributed by atoms with Crippen molar-refractivity contribution in [2.45, 2.75) is 199 Å². The van der Waals surface area contributed by atoms with Crippen molar-refractivity contribution in [1.29, 1.82) is 0 Å². The van der Waals surface area contributed by atoms with E-state index in [1.165, 1.54) is 96.3 Å². The number of unbranched alkanes of at least 4 members (excludes halogenated alkanes) is 20. The van der Waals surface area contributed by atoms with Crippen LogP contribution in [0.2, 0.25) is 0 Å². The molecule has 0 aliphatic heterocycles. The molecule has 0 aliphatic rings. The van der Waals surface area contributed by atoms with Gasteiger partial charge in [0, 0.05) is 19.3 Å². The molecule has 0 saturated heterocycles. The SMILES string of the molecule is CC/C=C/C/C=C/CCCCCCCCCC(=O)OCC(COCCC(C(=O)O)[N+](C)(C)C)OC(=O)CCCCCCCCCCCCCCCC. The number of carbonyl (C=O) groups is 3. The lowest BCUT2D eigenvalue weighted by molar-refractivity contribution is -0.887. The van der Waals surface area contributed by atoms with Gasteiger partial charge in [-0.15, -0.1) is 0 Å². The van der Waals surface area contributed by atoms with Crippen LogP contribution in [0.5, 0.6) is 0 Å². The first-order valence-corrected chi connectivity index (χ1v) is 21.4. The summed E-state index contributed by atoms with van der Waals surface area (Å²) in [5, 5.41) is 9.60. The Balaban J connectivity index is 4.35. The number of carboxylic acid groups (broad SMARTS) is 1. The molecule has 0 aromatic rings. The lowest BCUT2D eigenvalue weighted by Gasteiger charge is -2.31. The summed E-state index contributed by atoms with van der Waals surface area (Å²) in [4.78, 5) is 36.9. The molecule has 0 heterocycles. The van der Waals surface area contributed by atoms with Gasteiger partial charge in [-0.05, 0) is 38.5 Å². The van der Waals surface area contributed by atoms with Gasteiger partial charge in [0.05, 0.1) is 34.4 Å². The van der Waals surface area contributed by atoms with Crippen molar-refractivity contribution in [2.24, 2.45) is 0 Å². The number of quaternary nitrogens is 1. The number of nitrogens with zero attached hydrogens (tertiary/aromatic N) is 1. The highest BCUT2D eigenvalue weighted by Gasteiger charge is 2.31. The maximum absolute atomic E-state index is 12.7. The van der Waals surface area contributed by atoms with Crippen LogP contribution in [-0.2, 0) is 28.6 Å². The highest BCUT2D eigenvalue weighted by atomic mass is 16.6. The summed E-state index contributed by atoms with van der Waals surface area (Å²) in [5.41, 5.74) is 0. The van der Waals surface area contributed by atoms with E-state index in [0.29, 0.717) is 19.3 Å². The van der Waals surface area contributed by atoms with E-state index in [9.17, 15) is 19.5 Å². The molecule has 2 unspecified atom stereocenters. The molecular formula is C44H82NO7+. The zero-order valence-electron chi connectivity index (χ0n) is 34.5. The van der Waals surface area contributed by atoms with E-state index in [0.717, 1.165) is 57.8 Å². The van der Waals surface area contributed by atoms with Gasteiger partial charge in [-0.1, -0.05) is 154 Å². The third kappa shape index (κ3) is 33.6. The van der Waals surface area contributed by atoms with E-state index in [1.54, 1.807) is 0 Å². The highest BCUT2D eigenvalue weighted by molar-refractivity contribution is 5.72. The average Bonchev–Trinajstić information content (AvgIpc) is 3.09. The van der Waals surface area contributed by atoms with Crippen LogP contribution in [-0.4, -0.2) is 80.6 Å². The van der Waals surface area contributed by atoms with E-state index < -0.39 is 18.1 Å². The first-order chi connectivity index (χ1) is 25.1. The monoisotopic (exact) mass is 737 g/mol. The third-order valence-corrected chi connectivity index (χ3v) is 9.62. The Labute approximate surface area is 320 Å². The van der Waals surface area contributed by atoms with E-state index in [4.69, 9.17) is 14.2 Å². The van der Waals surface area contributed by atoms with E-state index >= 15 is 0 Å². The molecule has 0 aliphatic carbocycles. The molecule has 304 valence electrons. The Hall–Kier alpha value is -2.19. The van der Waals surface area contributed by atoms with Crippen LogP contribution in [0.3, 0.4) is 0 Å². The molecular weight excluding hydrogens is 654 g/mol. The van der Waals surface area contributed by atoms with Crippen LogP contribution in [0.25, 0.3) is 0 Å². The topological polar surface area (TPSA) is 99.1 Å². The molecule has 0 rings (SSSR count). The molecule has 0 radical (unpaired) electrons. The van der Waals surface area contributed by atoms with Crippen molar-refractivity contribution in [3.63, 3.8) is 0 Å². The Morgan fingerprint density at radius 1 is 0.596 bits per heavy atom. The molecule has 8 heteroatoms. The van der Waals surface area contributed by atoms with Gasteiger partial charge in [0.25, 0.3) is 0 Å². The molecule has 0 aromatic heterocycles. The summed E-state index contributed by atoms with van der Waals surface area (Å²) < 4.78 is 17.3. The largest absolute Gasteiger partial charge is 0.477 e. The Kier molecular flexibility index (Phi) is 34.3. The molecule has 1 N–H and O–H groups in total. The summed E-state index contributed by atoms with van der Waals surface area (Å²) in [6.45, 7) is 4.63. The zero-order valence-corrected chi connectivity index (χ0v) is 34.5. The van der Waals surface area contributed by atoms with Gasteiger partial charge in [0.15, 0.2) is 12.1 Å². The number of carboxylic acids is 1. The van der Waals surface area contributed by atoms with Gasteiger partial charge in [-0.2, -0.15) is 0 Å². The first kappa shape index (κ1) is 49.8. The number of hydrogen-bond acceptors (Lipinski definition) is 6. The smallest absolute Gasteiger partial charge is 0.362 e. The van der Waals surface area contributed by atoms with E-state index in [1.807, 2.05) is 21.1 Å². The van der Waals surface area contributed by atoms with Crippen LogP contribution >= 0.6 is 0 Å². The number of ether oxygens (including phenoxy) is 3. The van der Waals surface area contributed by atoms with Crippen molar-refractivity contribution < 1.29 is 38.2 Å². The minimum atomic E-state index is -0.875. The van der Waals surface area contributed by atoms with Gasteiger partial charge >= 0.3 is 17.9 Å². The zero-order chi connectivity index (χ0) is 38.5. The number of aliphatic carboxylic acids is 1. The standard InChI is InChI=1S/C44H81NO7/c1-6-8-10-12-14-16-18-20-22-24-26-28-30-32-34-42(46)51-39-40(38-50-37-36-41(44(48)49)45(3,4)5)52-43(47)35-33-31-29-27-25-23-21-19-17-15-13-11-9-7-2/h8,10,14,16,40-41H,6-7,9,11-13,15,17-39H2,1-5H3/p+1/b10-8+,16-14+. The predicted octanol–water partition coefficient (Wildman–Crippen LogP) is 11.3. The van der Waals surface area contributed by atoms with Crippen molar-refractivity contribution in [1.82, 2.24) is 0 Å². The number of allylic oxidation sites excluding steroid dienone is 4. The van der Waals surface area contributed by atoms with Crippen LogP contribution in [0.15, 0.2) is 24.3 Å². The molecule has 0 bridgehead atoms. The van der Waals surface area contributed by atoms with Gasteiger partial charge < -0.3 is 23.8 Å². The molecule has 0 aromatic carbocycles. The fraction of sp³-hybridized carbons (Fsp3) is 0.841. The van der Waals surface area contributed by atoms with Crippen LogP contribution in [0.1, 0.15) is 187 Å². The molecule has 8 nitrogen and oxygen atoms in total. The summed E-state index contributed by atoms with van der Waals surface area (Å²) in [6.07, 6.45) is 37.8. The van der Waals surface area contributed by atoms with E-state index in [2.05, 4.69) is 38.2 Å². The molecule has 0 spiro atoms. The summed E-state index contributed by atoms with van der Waals surface area (Å²) in [7, 11) is 5.52. The Morgan fingerprint density at radius 3 is 1.58 bits per heavy atom. The minimum absolute atomic E-state index is 0.0512. The summed E-state index contributed by atoms with van der Waals surface area (Å²) >= 11 is 0. The number of esters is 2. The molecule has 52 heavy (non-hydrogen) atoms. The fourth-order valence-corrected chi connectivity index (χ4v) is 6.31. The van der Waals surface area contributed by atoms with Gasteiger partial charge in [-0.3, -0.25) is 9.59 Å². The number of rotatable bonds is 38. The maximum Gasteiger partial charge on any atom is 0.362 e. The first-order valence-electron chi connectivity index (χ1n) is 21.4. The second kappa shape index (κ2) is 35.8. The summed E-state index contributed by atoms with van der Waals surface area (Å²) in [5.74, 6) is -1.47. The van der Waals surface area contributed by atoms with Crippen molar-refractivity contribution in [2.75, 3.05) is 41.0 Å². The highest BCUT2D eigenvalue weighted by Crippen LogP contribution is 2.15. The Bertz CT molecular complexity index is 911. The molecule has 0 fully saturated rings. The summed E-state index contributed by atoms with van der Waals surface area (Å²) in [6, 6.07) is -0.612.